The first-order valence-electron chi connectivity index (χ1n) is 10.0. The fourth-order valence-corrected chi connectivity index (χ4v) is 4.60. The highest BCUT2D eigenvalue weighted by Crippen LogP contribution is 2.26. The van der Waals surface area contributed by atoms with Crippen LogP contribution in [0, 0.1) is 6.92 Å². The molecular weight excluding hydrogens is 428 g/mol. The molecule has 0 aliphatic heterocycles. The van der Waals surface area contributed by atoms with Crippen molar-refractivity contribution in [2.75, 3.05) is 22.8 Å². The maximum Gasteiger partial charge on any atom is 0.338 e. The van der Waals surface area contributed by atoms with Gasteiger partial charge in [0.05, 0.1) is 22.8 Å². The molecule has 0 aliphatic carbocycles. The highest BCUT2D eigenvalue weighted by Gasteiger charge is 2.28. The SMILES string of the molecule is CCOC(=O)c1ccc(NC(=O)CN(c2ccccc2C)S(=O)(=O)c2ccccc2)cc1. The number of hydrogen-bond acceptors (Lipinski definition) is 5. The molecule has 0 aliphatic rings. The van der Waals surface area contributed by atoms with E-state index in [9.17, 15) is 18.0 Å². The Morgan fingerprint density at radius 2 is 1.53 bits per heavy atom. The minimum absolute atomic E-state index is 0.0924. The summed E-state index contributed by atoms with van der Waals surface area (Å²) in [4.78, 5) is 24.7. The number of anilines is 2. The Bertz CT molecular complexity index is 1190. The van der Waals surface area contributed by atoms with Crippen molar-refractivity contribution in [1.29, 1.82) is 0 Å². The Morgan fingerprint density at radius 1 is 0.906 bits per heavy atom. The molecule has 0 aromatic heterocycles. The molecule has 3 aromatic carbocycles. The van der Waals surface area contributed by atoms with Crippen molar-refractivity contribution >= 4 is 33.3 Å². The first-order chi connectivity index (χ1) is 15.3. The molecular formula is C24H24N2O5S. The van der Waals surface area contributed by atoms with Gasteiger partial charge in [0.1, 0.15) is 6.54 Å². The molecule has 32 heavy (non-hydrogen) atoms. The highest BCUT2D eigenvalue weighted by atomic mass is 32.2. The number of benzene rings is 3. The van der Waals surface area contributed by atoms with Crippen LogP contribution in [-0.2, 0) is 19.6 Å². The number of ether oxygens (including phenoxy) is 1. The van der Waals surface area contributed by atoms with E-state index in [1.807, 2.05) is 0 Å². The summed E-state index contributed by atoms with van der Waals surface area (Å²) in [5.41, 5.74) is 1.94. The summed E-state index contributed by atoms with van der Waals surface area (Å²) in [6.45, 7) is 3.36. The summed E-state index contributed by atoms with van der Waals surface area (Å²) in [5, 5.41) is 2.69. The van der Waals surface area contributed by atoms with E-state index in [1.54, 1.807) is 68.4 Å². The number of amides is 1. The van der Waals surface area contributed by atoms with Crippen molar-refractivity contribution in [1.82, 2.24) is 0 Å². The number of nitrogens with zero attached hydrogens (tertiary/aromatic N) is 1. The summed E-state index contributed by atoms with van der Waals surface area (Å²) in [7, 11) is -3.98. The van der Waals surface area contributed by atoms with Gasteiger partial charge < -0.3 is 10.1 Å². The standard InChI is InChI=1S/C24H24N2O5S/c1-3-31-24(28)19-13-15-20(16-14-19)25-23(27)17-26(22-12-8-7-9-18(22)2)32(29,30)21-10-5-4-6-11-21/h4-16H,3,17H2,1-2H3,(H,25,27). The summed E-state index contributed by atoms with van der Waals surface area (Å²) < 4.78 is 32.7. The van der Waals surface area contributed by atoms with E-state index in [0.29, 0.717) is 16.9 Å². The van der Waals surface area contributed by atoms with E-state index < -0.39 is 28.4 Å². The average Bonchev–Trinajstić information content (AvgIpc) is 2.79. The predicted octanol–water partition coefficient (Wildman–Crippen LogP) is 4.01. The second kappa shape index (κ2) is 10.1. The summed E-state index contributed by atoms with van der Waals surface area (Å²) in [6.07, 6.45) is 0. The van der Waals surface area contributed by atoms with Crippen molar-refractivity contribution in [3.63, 3.8) is 0 Å². The monoisotopic (exact) mass is 452 g/mol. The van der Waals surface area contributed by atoms with Gasteiger partial charge in [-0.1, -0.05) is 36.4 Å². The van der Waals surface area contributed by atoms with Crippen LogP contribution in [0.3, 0.4) is 0 Å². The zero-order valence-corrected chi connectivity index (χ0v) is 18.6. The van der Waals surface area contributed by atoms with Crippen molar-refractivity contribution in [2.45, 2.75) is 18.7 Å². The van der Waals surface area contributed by atoms with Gasteiger partial charge in [-0.05, 0) is 61.9 Å². The lowest BCUT2D eigenvalue weighted by Gasteiger charge is -2.25. The third-order valence-electron chi connectivity index (χ3n) is 4.68. The fraction of sp³-hybridized carbons (Fsp3) is 0.167. The van der Waals surface area contributed by atoms with Gasteiger partial charge in [-0.3, -0.25) is 9.10 Å². The molecule has 3 aromatic rings. The summed E-state index contributed by atoms with van der Waals surface area (Å²) in [5.74, 6) is -0.971. The van der Waals surface area contributed by atoms with Gasteiger partial charge in [-0.2, -0.15) is 0 Å². The molecule has 0 saturated heterocycles. The quantitative estimate of drug-likeness (QED) is 0.522. The van der Waals surface area contributed by atoms with Crippen LogP contribution in [0.4, 0.5) is 11.4 Å². The third kappa shape index (κ3) is 5.33. The van der Waals surface area contributed by atoms with Crippen LogP contribution in [0.25, 0.3) is 0 Å². The van der Waals surface area contributed by atoms with E-state index in [4.69, 9.17) is 4.74 Å². The number of rotatable bonds is 8. The maximum atomic E-state index is 13.3. The molecule has 0 radical (unpaired) electrons. The van der Waals surface area contributed by atoms with Gasteiger partial charge in [0.2, 0.25) is 5.91 Å². The number of sulfonamides is 1. The van der Waals surface area contributed by atoms with Crippen LogP contribution in [0.2, 0.25) is 0 Å². The molecule has 0 bridgehead atoms. The largest absolute Gasteiger partial charge is 0.462 e. The molecule has 0 spiro atoms. The van der Waals surface area contributed by atoms with Crippen LogP contribution in [0.15, 0.2) is 83.8 Å². The van der Waals surface area contributed by atoms with Gasteiger partial charge in [-0.15, -0.1) is 0 Å². The number of nitrogens with one attached hydrogen (secondary N) is 1. The highest BCUT2D eigenvalue weighted by molar-refractivity contribution is 7.92. The van der Waals surface area contributed by atoms with E-state index >= 15 is 0 Å². The van der Waals surface area contributed by atoms with Crippen LogP contribution in [-0.4, -0.2) is 33.4 Å². The Labute approximate surface area is 187 Å². The normalized spacial score (nSPS) is 10.9. The number of esters is 1. The molecule has 0 atom stereocenters. The number of carbonyl (C=O) groups is 2. The zero-order valence-electron chi connectivity index (χ0n) is 17.8. The lowest BCUT2D eigenvalue weighted by molar-refractivity contribution is -0.114. The smallest absolute Gasteiger partial charge is 0.338 e. The van der Waals surface area contributed by atoms with E-state index in [1.165, 1.54) is 24.3 Å². The Balaban J connectivity index is 1.85. The first kappa shape index (κ1) is 23.0. The van der Waals surface area contributed by atoms with Crippen LogP contribution in [0.1, 0.15) is 22.8 Å². The fourth-order valence-electron chi connectivity index (χ4n) is 3.10. The average molecular weight is 453 g/mol. The minimum atomic E-state index is -3.98. The summed E-state index contributed by atoms with van der Waals surface area (Å²) >= 11 is 0. The third-order valence-corrected chi connectivity index (χ3v) is 6.46. The second-order valence-electron chi connectivity index (χ2n) is 6.96. The molecule has 0 heterocycles. The van der Waals surface area contributed by atoms with Crippen LogP contribution >= 0.6 is 0 Å². The van der Waals surface area contributed by atoms with Gasteiger partial charge in [0.25, 0.3) is 10.0 Å². The lowest BCUT2D eigenvalue weighted by Crippen LogP contribution is -2.38. The number of carbonyl (C=O) groups excluding carboxylic acids is 2. The Kier molecular flexibility index (Phi) is 7.27. The molecule has 0 fully saturated rings. The molecule has 3 rings (SSSR count). The summed E-state index contributed by atoms with van der Waals surface area (Å²) in [6, 6.07) is 21.2. The zero-order chi connectivity index (χ0) is 23.1. The van der Waals surface area contributed by atoms with E-state index in [-0.39, 0.29) is 11.5 Å². The predicted molar refractivity (Wildman–Crippen MR) is 123 cm³/mol. The van der Waals surface area contributed by atoms with Crippen molar-refractivity contribution < 1.29 is 22.7 Å². The molecule has 166 valence electrons. The maximum absolute atomic E-state index is 13.3. The van der Waals surface area contributed by atoms with Gasteiger partial charge >= 0.3 is 5.97 Å². The molecule has 1 N–H and O–H groups in total. The molecule has 7 nitrogen and oxygen atoms in total. The minimum Gasteiger partial charge on any atom is -0.462 e. The van der Waals surface area contributed by atoms with Crippen LogP contribution in [0.5, 0.6) is 0 Å². The van der Waals surface area contributed by atoms with Crippen molar-refractivity contribution in [3.8, 4) is 0 Å². The second-order valence-corrected chi connectivity index (χ2v) is 8.82. The van der Waals surface area contributed by atoms with Crippen LogP contribution < -0.4 is 9.62 Å². The molecule has 8 heteroatoms. The number of aryl methyl sites for hydroxylation is 1. The van der Waals surface area contributed by atoms with Gasteiger partial charge in [0.15, 0.2) is 0 Å². The van der Waals surface area contributed by atoms with E-state index in [2.05, 4.69) is 5.32 Å². The Morgan fingerprint density at radius 3 is 2.16 bits per heavy atom. The Hall–Kier alpha value is -3.65. The van der Waals surface area contributed by atoms with E-state index in [0.717, 1.165) is 9.87 Å². The topological polar surface area (TPSA) is 92.8 Å². The molecule has 1 amide bonds. The van der Waals surface area contributed by atoms with Gasteiger partial charge in [-0.25, -0.2) is 13.2 Å². The molecule has 0 unspecified atom stereocenters. The number of hydrogen-bond donors (Lipinski definition) is 1. The molecule has 0 saturated carbocycles. The first-order valence-corrected chi connectivity index (χ1v) is 11.5. The number of para-hydroxylation sites is 1. The van der Waals surface area contributed by atoms with Gasteiger partial charge in [0, 0.05) is 5.69 Å². The lowest BCUT2D eigenvalue weighted by atomic mass is 10.2. The van der Waals surface area contributed by atoms with Crippen molar-refractivity contribution in [2.24, 2.45) is 0 Å². The van der Waals surface area contributed by atoms with Crippen molar-refractivity contribution in [3.05, 3.63) is 90.0 Å².